The Morgan fingerprint density at radius 3 is 2.76 bits per heavy atom. The van der Waals surface area contributed by atoms with Crippen molar-refractivity contribution in [3.8, 4) is 6.07 Å². The number of hydrogen-bond donors (Lipinski definition) is 1. The largest absolute Gasteiger partial charge is 0.312 e. The summed E-state index contributed by atoms with van der Waals surface area (Å²) in [6, 6.07) is 6.43. The van der Waals surface area contributed by atoms with Crippen LogP contribution >= 0.6 is 0 Å². The minimum atomic E-state index is -0.340. The number of nitriles is 1. The fourth-order valence-electron chi connectivity index (χ4n) is 2.13. The molecule has 0 saturated heterocycles. The molecule has 0 aliphatic heterocycles. The van der Waals surface area contributed by atoms with Gasteiger partial charge in [-0.2, -0.15) is 5.26 Å². The Morgan fingerprint density at radius 2 is 2.18 bits per heavy atom. The van der Waals surface area contributed by atoms with Gasteiger partial charge in [0.1, 0.15) is 5.82 Å². The van der Waals surface area contributed by atoms with Crippen LogP contribution in [0, 0.1) is 28.5 Å². The maximum absolute atomic E-state index is 13.2. The molecule has 0 bridgehead atoms. The maximum Gasteiger partial charge on any atom is 0.124 e. The van der Waals surface area contributed by atoms with E-state index in [1.807, 2.05) is 6.07 Å². The lowest BCUT2D eigenvalue weighted by atomic mass is 10.1. The third kappa shape index (κ3) is 3.04. The number of rotatable bonds is 4. The molecule has 1 aromatic rings. The van der Waals surface area contributed by atoms with Crippen LogP contribution in [0.5, 0.6) is 0 Å². The van der Waals surface area contributed by atoms with Crippen molar-refractivity contribution in [3.05, 3.63) is 35.1 Å². The zero-order chi connectivity index (χ0) is 12.5. The summed E-state index contributed by atoms with van der Waals surface area (Å²) >= 11 is 0. The monoisotopic (exact) mass is 232 g/mol. The van der Waals surface area contributed by atoms with Crippen molar-refractivity contribution in [1.82, 2.24) is 5.32 Å². The summed E-state index contributed by atoms with van der Waals surface area (Å²) in [7, 11) is 0. The number of nitrogens with one attached hydrogen (secondary N) is 1. The highest BCUT2D eigenvalue weighted by atomic mass is 19.1. The molecule has 1 fully saturated rings. The van der Waals surface area contributed by atoms with Crippen LogP contribution in [0.3, 0.4) is 0 Å². The first-order valence-electron chi connectivity index (χ1n) is 5.91. The smallest absolute Gasteiger partial charge is 0.124 e. The highest BCUT2D eigenvalue weighted by molar-refractivity contribution is 5.33. The van der Waals surface area contributed by atoms with Crippen LogP contribution in [-0.4, -0.2) is 6.54 Å². The van der Waals surface area contributed by atoms with Crippen molar-refractivity contribution in [2.24, 2.45) is 11.3 Å². The molecule has 2 rings (SSSR count). The third-order valence-corrected chi connectivity index (χ3v) is 3.52. The van der Waals surface area contributed by atoms with Gasteiger partial charge in [0.2, 0.25) is 0 Å². The second-order valence-corrected chi connectivity index (χ2v) is 5.48. The van der Waals surface area contributed by atoms with Crippen LogP contribution in [-0.2, 0) is 6.54 Å². The Kier molecular flexibility index (Phi) is 3.17. The molecule has 2 nitrogen and oxygen atoms in total. The summed E-state index contributed by atoms with van der Waals surface area (Å²) in [5, 5.41) is 12.1. The molecule has 0 heterocycles. The van der Waals surface area contributed by atoms with Gasteiger partial charge in [0, 0.05) is 6.54 Å². The summed E-state index contributed by atoms with van der Waals surface area (Å²) in [6.07, 6.45) is 1.26. The van der Waals surface area contributed by atoms with Gasteiger partial charge in [-0.15, -0.1) is 0 Å². The molecule has 90 valence electrons. The summed E-state index contributed by atoms with van der Waals surface area (Å²) in [4.78, 5) is 0. The standard InChI is InChI=1S/C14H17FN2/c1-14(2)6-12(14)9-17-8-11-3-10(7-16)4-13(15)5-11/h3-5,12,17H,6,8-9H2,1-2H3. The average molecular weight is 232 g/mol. The van der Waals surface area contributed by atoms with E-state index in [1.54, 1.807) is 6.07 Å². The van der Waals surface area contributed by atoms with E-state index in [0.29, 0.717) is 17.5 Å². The summed E-state index contributed by atoms with van der Waals surface area (Å²) in [6.45, 7) is 6.11. The Bertz CT molecular complexity index is 460. The molecule has 0 spiro atoms. The second-order valence-electron chi connectivity index (χ2n) is 5.48. The van der Waals surface area contributed by atoms with Gasteiger partial charge in [0.05, 0.1) is 11.6 Å². The average Bonchev–Trinajstić information content (AvgIpc) is 2.85. The van der Waals surface area contributed by atoms with Crippen LogP contribution in [0.1, 0.15) is 31.4 Å². The molecule has 1 atom stereocenters. The molecule has 17 heavy (non-hydrogen) atoms. The van der Waals surface area contributed by atoms with Crippen molar-refractivity contribution in [1.29, 1.82) is 5.26 Å². The second kappa shape index (κ2) is 4.46. The van der Waals surface area contributed by atoms with Crippen LogP contribution in [0.25, 0.3) is 0 Å². The van der Waals surface area contributed by atoms with E-state index in [1.165, 1.54) is 18.6 Å². The predicted octanol–water partition coefficient (Wildman–Crippen LogP) is 2.83. The molecular formula is C14H17FN2. The first-order valence-corrected chi connectivity index (χ1v) is 5.91. The first-order chi connectivity index (χ1) is 8.01. The van der Waals surface area contributed by atoms with E-state index in [4.69, 9.17) is 5.26 Å². The van der Waals surface area contributed by atoms with Gasteiger partial charge in [0.25, 0.3) is 0 Å². The summed E-state index contributed by atoms with van der Waals surface area (Å²) < 4.78 is 13.2. The van der Waals surface area contributed by atoms with E-state index in [0.717, 1.165) is 18.0 Å². The first kappa shape index (κ1) is 12.1. The van der Waals surface area contributed by atoms with Gasteiger partial charge in [-0.1, -0.05) is 13.8 Å². The van der Waals surface area contributed by atoms with E-state index >= 15 is 0 Å². The van der Waals surface area contributed by atoms with Crippen molar-refractivity contribution in [2.75, 3.05) is 6.54 Å². The molecular weight excluding hydrogens is 215 g/mol. The summed E-state index contributed by atoms with van der Waals surface area (Å²) in [5.41, 5.74) is 1.68. The fourth-order valence-corrected chi connectivity index (χ4v) is 2.13. The van der Waals surface area contributed by atoms with E-state index < -0.39 is 0 Å². The van der Waals surface area contributed by atoms with Crippen LogP contribution in [0.15, 0.2) is 18.2 Å². The zero-order valence-electron chi connectivity index (χ0n) is 10.3. The van der Waals surface area contributed by atoms with Crippen LogP contribution in [0.2, 0.25) is 0 Å². The molecule has 1 saturated carbocycles. The Hall–Kier alpha value is -1.40. The lowest BCUT2D eigenvalue weighted by Crippen LogP contribution is -2.18. The Morgan fingerprint density at radius 1 is 1.47 bits per heavy atom. The van der Waals surface area contributed by atoms with Crippen molar-refractivity contribution < 1.29 is 4.39 Å². The zero-order valence-corrected chi connectivity index (χ0v) is 10.3. The minimum Gasteiger partial charge on any atom is -0.312 e. The van der Waals surface area contributed by atoms with Gasteiger partial charge < -0.3 is 5.32 Å². The SMILES string of the molecule is CC1(C)CC1CNCc1cc(F)cc(C#N)c1. The molecule has 3 heteroatoms. The molecule has 1 aromatic carbocycles. The van der Waals surface area contributed by atoms with Gasteiger partial charge in [-0.3, -0.25) is 0 Å². The van der Waals surface area contributed by atoms with E-state index in [2.05, 4.69) is 19.2 Å². The topological polar surface area (TPSA) is 35.8 Å². The highest BCUT2D eigenvalue weighted by Gasteiger charge is 2.44. The summed E-state index contributed by atoms with van der Waals surface area (Å²) in [5.74, 6) is 0.388. The van der Waals surface area contributed by atoms with Crippen molar-refractivity contribution >= 4 is 0 Å². The lowest BCUT2D eigenvalue weighted by molar-refractivity contribution is 0.518. The Labute approximate surface area is 101 Å². The van der Waals surface area contributed by atoms with Gasteiger partial charge in [0.15, 0.2) is 0 Å². The number of hydrogen-bond acceptors (Lipinski definition) is 2. The molecule has 1 N–H and O–H groups in total. The number of nitrogens with zero attached hydrogens (tertiary/aromatic N) is 1. The highest BCUT2D eigenvalue weighted by Crippen LogP contribution is 2.50. The predicted molar refractivity (Wildman–Crippen MR) is 64.7 cm³/mol. The third-order valence-electron chi connectivity index (χ3n) is 3.52. The fraction of sp³-hybridized carbons (Fsp3) is 0.500. The lowest BCUT2D eigenvalue weighted by Gasteiger charge is -2.07. The van der Waals surface area contributed by atoms with Gasteiger partial charge in [-0.05, 0) is 48.1 Å². The maximum atomic E-state index is 13.2. The van der Waals surface area contributed by atoms with Gasteiger partial charge in [-0.25, -0.2) is 4.39 Å². The van der Waals surface area contributed by atoms with E-state index in [-0.39, 0.29) is 5.82 Å². The normalized spacial score (nSPS) is 20.9. The molecule has 1 unspecified atom stereocenters. The Balaban J connectivity index is 1.87. The van der Waals surface area contributed by atoms with Crippen LogP contribution < -0.4 is 5.32 Å². The molecule has 0 amide bonds. The molecule has 0 aromatic heterocycles. The number of benzene rings is 1. The van der Waals surface area contributed by atoms with Crippen molar-refractivity contribution in [3.63, 3.8) is 0 Å². The van der Waals surface area contributed by atoms with E-state index in [9.17, 15) is 4.39 Å². The molecule has 0 radical (unpaired) electrons. The minimum absolute atomic E-state index is 0.340. The van der Waals surface area contributed by atoms with Crippen LogP contribution in [0.4, 0.5) is 4.39 Å². The number of halogens is 1. The molecule has 1 aliphatic carbocycles. The van der Waals surface area contributed by atoms with Gasteiger partial charge >= 0.3 is 0 Å². The van der Waals surface area contributed by atoms with Crippen molar-refractivity contribution in [2.45, 2.75) is 26.8 Å². The quantitative estimate of drug-likeness (QED) is 0.866. The molecule has 1 aliphatic rings.